The highest BCUT2D eigenvalue weighted by Gasteiger charge is 2.02. The number of benzene rings is 1. The van der Waals surface area contributed by atoms with Crippen LogP contribution in [-0.4, -0.2) is 4.57 Å². The van der Waals surface area contributed by atoms with Crippen molar-refractivity contribution in [2.45, 2.75) is 26.9 Å². The van der Waals surface area contributed by atoms with E-state index in [4.69, 9.17) is 0 Å². The fourth-order valence-corrected chi connectivity index (χ4v) is 1.76. The summed E-state index contributed by atoms with van der Waals surface area (Å²) in [6.45, 7) is 5.65. The lowest BCUT2D eigenvalue weighted by molar-refractivity contribution is 0.629. The van der Waals surface area contributed by atoms with Gasteiger partial charge < -0.3 is 9.88 Å². The van der Waals surface area contributed by atoms with Gasteiger partial charge in [0.15, 0.2) is 0 Å². The topological polar surface area (TPSA) is 17.0 Å². The van der Waals surface area contributed by atoms with Crippen molar-refractivity contribution in [2.24, 2.45) is 0 Å². The molecule has 17 heavy (non-hydrogen) atoms. The lowest BCUT2D eigenvalue weighted by Crippen LogP contribution is -2.01. The first-order valence-corrected chi connectivity index (χ1v) is 5.83. The number of anilines is 1. The van der Waals surface area contributed by atoms with Crippen LogP contribution in [0.4, 0.5) is 10.1 Å². The van der Waals surface area contributed by atoms with Crippen molar-refractivity contribution < 1.29 is 4.39 Å². The maximum absolute atomic E-state index is 13.5. The third-order valence-electron chi connectivity index (χ3n) is 2.78. The number of halogens is 1. The maximum Gasteiger partial charge on any atom is 0.146 e. The van der Waals surface area contributed by atoms with Gasteiger partial charge in [0.05, 0.1) is 5.69 Å². The first-order chi connectivity index (χ1) is 8.19. The molecule has 0 saturated heterocycles. The number of hydrogen-bond acceptors (Lipinski definition) is 1. The van der Waals surface area contributed by atoms with Crippen LogP contribution in [0.1, 0.15) is 18.1 Å². The summed E-state index contributed by atoms with van der Waals surface area (Å²) in [5.74, 6) is -0.203. The summed E-state index contributed by atoms with van der Waals surface area (Å²) < 4.78 is 15.6. The predicted octanol–water partition coefficient (Wildman–Crippen LogP) is 3.57. The van der Waals surface area contributed by atoms with Gasteiger partial charge in [0, 0.05) is 25.5 Å². The van der Waals surface area contributed by atoms with Gasteiger partial charge in [0.2, 0.25) is 0 Å². The number of nitrogens with one attached hydrogen (secondary N) is 1. The largest absolute Gasteiger partial charge is 0.379 e. The van der Waals surface area contributed by atoms with E-state index in [0.29, 0.717) is 12.2 Å². The van der Waals surface area contributed by atoms with E-state index in [1.807, 2.05) is 25.3 Å². The highest BCUT2D eigenvalue weighted by molar-refractivity contribution is 5.47. The van der Waals surface area contributed by atoms with Crippen LogP contribution >= 0.6 is 0 Å². The van der Waals surface area contributed by atoms with Crippen LogP contribution in [0, 0.1) is 12.7 Å². The molecule has 90 valence electrons. The molecule has 2 aromatic rings. The van der Waals surface area contributed by atoms with Crippen LogP contribution in [0.2, 0.25) is 0 Å². The number of aromatic nitrogens is 1. The average molecular weight is 232 g/mol. The zero-order chi connectivity index (χ0) is 12.3. The van der Waals surface area contributed by atoms with E-state index in [-0.39, 0.29) is 5.82 Å². The van der Waals surface area contributed by atoms with Gasteiger partial charge in [-0.05, 0) is 43.2 Å². The van der Waals surface area contributed by atoms with Crippen molar-refractivity contribution >= 4 is 5.69 Å². The normalized spacial score (nSPS) is 10.5. The van der Waals surface area contributed by atoms with Gasteiger partial charge in [-0.15, -0.1) is 0 Å². The van der Waals surface area contributed by atoms with Gasteiger partial charge in [-0.1, -0.05) is 6.07 Å². The SMILES string of the molecule is CCn1ccc(CNc2cc(C)ccc2F)c1. The minimum atomic E-state index is -0.203. The highest BCUT2D eigenvalue weighted by Crippen LogP contribution is 2.16. The molecular formula is C14H17FN2. The predicted molar refractivity (Wildman–Crippen MR) is 68.6 cm³/mol. The second kappa shape index (κ2) is 5.04. The Morgan fingerprint density at radius 2 is 2.12 bits per heavy atom. The molecular weight excluding hydrogens is 215 g/mol. The van der Waals surface area contributed by atoms with E-state index < -0.39 is 0 Å². The number of rotatable bonds is 4. The van der Waals surface area contributed by atoms with E-state index in [9.17, 15) is 4.39 Å². The molecule has 2 nitrogen and oxygen atoms in total. The Balaban J connectivity index is 2.04. The molecule has 0 aliphatic heterocycles. The summed E-state index contributed by atoms with van der Waals surface area (Å²) in [4.78, 5) is 0. The van der Waals surface area contributed by atoms with E-state index >= 15 is 0 Å². The van der Waals surface area contributed by atoms with Gasteiger partial charge in [0.1, 0.15) is 5.82 Å². The minimum Gasteiger partial charge on any atom is -0.379 e. The van der Waals surface area contributed by atoms with E-state index in [0.717, 1.165) is 17.7 Å². The van der Waals surface area contributed by atoms with Crippen LogP contribution in [0.15, 0.2) is 36.7 Å². The first kappa shape index (κ1) is 11.7. The number of hydrogen-bond donors (Lipinski definition) is 1. The van der Waals surface area contributed by atoms with Crippen molar-refractivity contribution in [3.8, 4) is 0 Å². The van der Waals surface area contributed by atoms with Crippen LogP contribution < -0.4 is 5.32 Å². The molecule has 0 bridgehead atoms. The lowest BCUT2D eigenvalue weighted by Gasteiger charge is -2.07. The summed E-state index contributed by atoms with van der Waals surface area (Å²) in [7, 11) is 0. The lowest BCUT2D eigenvalue weighted by atomic mass is 10.2. The summed E-state index contributed by atoms with van der Waals surface area (Å²) in [6.07, 6.45) is 4.10. The van der Waals surface area contributed by atoms with Gasteiger partial charge in [-0.2, -0.15) is 0 Å². The van der Waals surface area contributed by atoms with E-state index in [1.165, 1.54) is 6.07 Å². The Hall–Kier alpha value is -1.77. The molecule has 0 atom stereocenters. The third kappa shape index (κ3) is 2.87. The molecule has 2 rings (SSSR count). The second-order valence-corrected chi connectivity index (χ2v) is 4.19. The highest BCUT2D eigenvalue weighted by atomic mass is 19.1. The molecule has 1 aromatic heterocycles. The van der Waals surface area contributed by atoms with Crippen molar-refractivity contribution in [3.05, 3.63) is 53.6 Å². The van der Waals surface area contributed by atoms with Crippen molar-refractivity contribution in [2.75, 3.05) is 5.32 Å². The summed E-state index contributed by atoms with van der Waals surface area (Å²) >= 11 is 0. The number of nitrogens with zero attached hydrogens (tertiary/aromatic N) is 1. The maximum atomic E-state index is 13.5. The second-order valence-electron chi connectivity index (χ2n) is 4.19. The Kier molecular flexibility index (Phi) is 3.47. The molecule has 0 radical (unpaired) electrons. The first-order valence-electron chi connectivity index (χ1n) is 5.83. The molecule has 1 N–H and O–H groups in total. The van der Waals surface area contributed by atoms with Gasteiger partial charge >= 0.3 is 0 Å². The van der Waals surface area contributed by atoms with Crippen LogP contribution in [0.3, 0.4) is 0 Å². The Bertz CT molecular complexity index is 503. The molecule has 0 fully saturated rings. The molecule has 0 saturated carbocycles. The van der Waals surface area contributed by atoms with Crippen LogP contribution in [0.25, 0.3) is 0 Å². The van der Waals surface area contributed by atoms with Crippen molar-refractivity contribution in [3.63, 3.8) is 0 Å². The Morgan fingerprint density at radius 3 is 2.82 bits per heavy atom. The average Bonchev–Trinajstić information content (AvgIpc) is 2.78. The Labute approximate surface area is 101 Å². The molecule has 1 heterocycles. The zero-order valence-electron chi connectivity index (χ0n) is 10.2. The molecule has 0 spiro atoms. The summed E-state index contributed by atoms with van der Waals surface area (Å²) in [5, 5.41) is 3.12. The van der Waals surface area contributed by atoms with Gasteiger partial charge in [0.25, 0.3) is 0 Å². The van der Waals surface area contributed by atoms with Crippen LogP contribution in [0.5, 0.6) is 0 Å². The van der Waals surface area contributed by atoms with Crippen molar-refractivity contribution in [1.82, 2.24) is 4.57 Å². The zero-order valence-corrected chi connectivity index (χ0v) is 10.2. The minimum absolute atomic E-state index is 0.203. The molecule has 0 aliphatic carbocycles. The molecule has 0 aliphatic rings. The summed E-state index contributed by atoms with van der Waals surface area (Å²) in [5.41, 5.74) is 2.78. The smallest absolute Gasteiger partial charge is 0.146 e. The number of aryl methyl sites for hydroxylation is 2. The molecule has 0 amide bonds. The van der Waals surface area contributed by atoms with E-state index in [1.54, 1.807) is 6.07 Å². The van der Waals surface area contributed by atoms with Crippen LogP contribution in [-0.2, 0) is 13.1 Å². The molecule has 1 aromatic carbocycles. The van der Waals surface area contributed by atoms with E-state index in [2.05, 4.69) is 23.0 Å². The fraction of sp³-hybridized carbons (Fsp3) is 0.286. The van der Waals surface area contributed by atoms with Gasteiger partial charge in [-0.3, -0.25) is 0 Å². The standard InChI is InChI=1S/C14H17FN2/c1-3-17-7-6-12(10-17)9-16-14-8-11(2)4-5-13(14)15/h4-8,10,16H,3,9H2,1-2H3. The van der Waals surface area contributed by atoms with Crippen molar-refractivity contribution in [1.29, 1.82) is 0 Å². The quantitative estimate of drug-likeness (QED) is 0.852. The molecule has 3 heteroatoms. The Morgan fingerprint density at radius 1 is 1.29 bits per heavy atom. The van der Waals surface area contributed by atoms with Gasteiger partial charge in [-0.25, -0.2) is 4.39 Å². The molecule has 0 unspecified atom stereocenters. The summed E-state index contributed by atoms with van der Waals surface area (Å²) in [6, 6.07) is 7.14. The third-order valence-corrected chi connectivity index (χ3v) is 2.78. The monoisotopic (exact) mass is 232 g/mol. The fourth-order valence-electron chi connectivity index (χ4n) is 1.76.